The van der Waals surface area contributed by atoms with E-state index in [0.29, 0.717) is 0 Å². The number of aliphatic carboxylic acids is 1. The van der Waals surface area contributed by atoms with Gasteiger partial charge in [-0.3, -0.25) is 0 Å². The molecule has 0 saturated heterocycles. The Hall–Kier alpha value is -1.77. The number of rotatable bonds is 4. The van der Waals surface area contributed by atoms with Gasteiger partial charge in [0, 0.05) is 17.8 Å². The third-order valence-corrected chi connectivity index (χ3v) is 1.97. The van der Waals surface area contributed by atoms with Gasteiger partial charge in [-0.25, -0.2) is 4.79 Å². The number of anilines is 1. The van der Waals surface area contributed by atoms with Crippen molar-refractivity contribution in [3.8, 4) is 0 Å². The van der Waals surface area contributed by atoms with Crippen molar-refractivity contribution in [3.63, 3.8) is 0 Å². The summed E-state index contributed by atoms with van der Waals surface area (Å²) in [4.78, 5) is 10.3. The van der Waals surface area contributed by atoms with Gasteiger partial charge in [-0.1, -0.05) is 23.8 Å². The van der Waals surface area contributed by atoms with E-state index in [4.69, 9.17) is 5.11 Å². The van der Waals surface area contributed by atoms with Crippen molar-refractivity contribution in [2.75, 3.05) is 5.32 Å². The number of aryl methyl sites for hydroxylation is 1. The van der Waals surface area contributed by atoms with E-state index in [0.717, 1.165) is 11.8 Å². The summed E-state index contributed by atoms with van der Waals surface area (Å²) in [5.74, 6) is -0.924. The molecule has 15 heavy (non-hydrogen) atoms. The summed E-state index contributed by atoms with van der Waals surface area (Å²) < 4.78 is 0. The molecule has 3 heteroatoms. The molecule has 0 radical (unpaired) electrons. The molecule has 0 fully saturated rings. The van der Waals surface area contributed by atoms with Crippen molar-refractivity contribution in [1.82, 2.24) is 0 Å². The molecular weight excluding hydrogens is 190 g/mol. The smallest absolute Gasteiger partial charge is 0.328 e. The fourth-order valence-corrected chi connectivity index (χ4v) is 1.19. The standard InChI is InChI=1S/C12H15NO2/c1-9-3-6-11(7-4-9)13-10(2)5-8-12(14)15/h3-8,10,13H,1-2H3,(H,14,15)/b8-5+. The summed E-state index contributed by atoms with van der Waals surface area (Å²) >= 11 is 0. The SMILES string of the molecule is Cc1ccc(NC(C)/C=C/C(=O)O)cc1. The molecule has 0 aliphatic carbocycles. The molecule has 3 nitrogen and oxygen atoms in total. The van der Waals surface area contributed by atoms with Gasteiger partial charge in [0.15, 0.2) is 0 Å². The molecule has 2 N–H and O–H groups in total. The van der Waals surface area contributed by atoms with E-state index in [9.17, 15) is 4.79 Å². The van der Waals surface area contributed by atoms with E-state index >= 15 is 0 Å². The highest BCUT2D eigenvalue weighted by molar-refractivity contribution is 5.79. The average molecular weight is 205 g/mol. The lowest BCUT2D eigenvalue weighted by Gasteiger charge is -2.10. The highest BCUT2D eigenvalue weighted by atomic mass is 16.4. The first kappa shape index (κ1) is 11.3. The van der Waals surface area contributed by atoms with Crippen LogP contribution in [-0.2, 0) is 4.79 Å². The first-order chi connectivity index (χ1) is 7.08. The Bertz CT molecular complexity index is 354. The fraction of sp³-hybridized carbons (Fsp3) is 0.250. The topological polar surface area (TPSA) is 49.3 Å². The minimum absolute atomic E-state index is 0.00352. The summed E-state index contributed by atoms with van der Waals surface area (Å²) in [6.45, 7) is 3.93. The number of hydrogen-bond acceptors (Lipinski definition) is 2. The van der Waals surface area contributed by atoms with Crippen molar-refractivity contribution in [1.29, 1.82) is 0 Å². The molecule has 1 atom stereocenters. The minimum atomic E-state index is -0.924. The molecule has 0 aliphatic rings. The van der Waals surface area contributed by atoms with Gasteiger partial charge < -0.3 is 10.4 Å². The molecule has 0 spiro atoms. The summed E-state index contributed by atoms with van der Waals surface area (Å²) in [5, 5.41) is 11.6. The zero-order chi connectivity index (χ0) is 11.3. The van der Waals surface area contributed by atoms with Crippen LogP contribution in [0.25, 0.3) is 0 Å². The van der Waals surface area contributed by atoms with Crippen molar-refractivity contribution in [2.24, 2.45) is 0 Å². The van der Waals surface area contributed by atoms with Crippen molar-refractivity contribution >= 4 is 11.7 Å². The highest BCUT2D eigenvalue weighted by Crippen LogP contribution is 2.10. The van der Waals surface area contributed by atoms with E-state index in [1.807, 2.05) is 38.1 Å². The summed E-state index contributed by atoms with van der Waals surface area (Å²) in [6.07, 6.45) is 2.76. The van der Waals surface area contributed by atoms with Gasteiger partial charge >= 0.3 is 5.97 Å². The van der Waals surface area contributed by atoms with E-state index in [1.54, 1.807) is 6.08 Å². The van der Waals surface area contributed by atoms with Gasteiger partial charge in [-0.05, 0) is 26.0 Å². The molecule has 0 amide bonds. The van der Waals surface area contributed by atoms with Crippen LogP contribution >= 0.6 is 0 Å². The quantitative estimate of drug-likeness (QED) is 0.742. The van der Waals surface area contributed by atoms with Crippen LogP contribution in [0, 0.1) is 6.92 Å². The molecule has 0 saturated carbocycles. The first-order valence-electron chi connectivity index (χ1n) is 4.82. The molecule has 1 rings (SSSR count). The Morgan fingerprint density at radius 2 is 2.00 bits per heavy atom. The molecule has 1 unspecified atom stereocenters. The van der Waals surface area contributed by atoms with Gasteiger partial charge in [-0.15, -0.1) is 0 Å². The Balaban J connectivity index is 2.54. The van der Waals surface area contributed by atoms with Gasteiger partial charge in [0.25, 0.3) is 0 Å². The van der Waals surface area contributed by atoms with Crippen LogP contribution < -0.4 is 5.32 Å². The minimum Gasteiger partial charge on any atom is -0.478 e. The summed E-state index contributed by atoms with van der Waals surface area (Å²) in [5.41, 5.74) is 2.19. The lowest BCUT2D eigenvalue weighted by Crippen LogP contribution is -2.12. The molecule has 0 aliphatic heterocycles. The highest BCUT2D eigenvalue weighted by Gasteiger charge is 1.97. The summed E-state index contributed by atoms with van der Waals surface area (Å²) in [6, 6.07) is 7.97. The van der Waals surface area contributed by atoms with Crippen LogP contribution in [0.1, 0.15) is 12.5 Å². The normalized spacial score (nSPS) is 12.7. The number of carbonyl (C=O) groups is 1. The second-order valence-corrected chi connectivity index (χ2v) is 3.50. The number of carboxylic acids is 1. The average Bonchev–Trinajstić information content (AvgIpc) is 2.19. The Kier molecular flexibility index (Phi) is 3.92. The largest absolute Gasteiger partial charge is 0.478 e. The number of hydrogen-bond donors (Lipinski definition) is 2. The Morgan fingerprint density at radius 3 is 2.53 bits per heavy atom. The molecule has 0 aromatic heterocycles. The van der Waals surface area contributed by atoms with Gasteiger partial charge in [-0.2, -0.15) is 0 Å². The lowest BCUT2D eigenvalue weighted by molar-refractivity contribution is -0.131. The number of nitrogens with one attached hydrogen (secondary N) is 1. The van der Waals surface area contributed by atoms with Crippen LogP contribution in [0.4, 0.5) is 5.69 Å². The third-order valence-electron chi connectivity index (χ3n) is 1.97. The maximum Gasteiger partial charge on any atom is 0.328 e. The van der Waals surface area contributed by atoms with Crippen molar-refractivity contribution < 1.29 is 9.90 Å². The van der Waals surface area contributed by atoms with Crippen LogP contribution in [0.15, 0.2) is 36.4 Å². The second kappa shape index (κ2) is 5.20. The van der Waals surface area contributed by atoms with E-state index in [2.05, 4.69) is 5.32 Å². The van der Waals surface area contributed by atoms with Crippen LogP contribution in [0.5, 0.6) is 0 Å². The van der Waals surface area contributed by atoms with Crippen molar-refractivity contribution in [3.05, 3.63) is 42.0 Å². The predicted octanol–water partition coefficient (Wildman–Crippen LogP) is 2.44. The Morgan fingerprint density at radius 1 is 1.40 bits per heavy atom. The van der Waals surface area contributed by atoms with Gasteiger partial charge in [0.05, 0.1) is 0 Å². The maximum atomic E-state index is 10.3. The van der Waals surface area contributed by atoms with Crippen molar-refractivity contribution in [2.45, 2.75) is 19.9 Å². The maximum absolute atomic E-state index is 10.3. The fourth-order valence-electron chi connectivity index (χ4n) is 1.19. The molecule has 0 heterocycles. The van der Waals surface area contributed by atoms with E-state index in [-0.39, 0.29) is 6.04 Å². The third kappa shape index (κ3) is 4.31. The molecule has 1 aromatic rings. The van der Waals surface area contributed by atoms with Gasteiger partial charge in [0.1, 0.15) is 0 Å². The lowest BCUT2D eigenvalue weighted by atomic mass is 10.2. The monoisotopic (exact) mass is 205 g/mol. The number of benzene rings is 1. The van der Waals surface area contributed by atoms with Gasteiger partial charge in [0.2, 0.25) is 0 Å². The Labute approximate surface area is 89.4 Å². The number of carboxylic acid groups (broad SMARTS) is 1. The zero-order valence-electron chi connectivity index (χ0n) is 8.90. The molecule has 1 aromatic carbocycles. The first-order valence-corrected chi connectivity index (χ1v) is 4.82. The second-order valence-electron chi connectivity index (χ2n) is 3.50. The van der Waals surface area contributed by atoms with Crippen LogP contribution in [0.2, 0.25) is 0 Å². The zero-order valence-corrected chi connectivity index (χ0v) is 8.90. The molecule has 80 valence electrons. The molecular formula is C12H15NO2. The summed E-state index contributed by atoms with van der Waals surface area (Å²) in [7, 11) is 0. The molecule has 0 bridgehead atoms. The van der Waals surface area contributed by atoms with E-state index < -0.39 is 5.97 Å². The van der Waals surface area contributed by atoms with Crippen LogP contribution in [0.3, 0.4) is 0 Å². The predicted molar refractivity (Wildman–Crippen MR) is 61.0 cm³/mol. The van der Waals surface area contributed by atoms with Crippen LogP contribution in [-0.4, -0.2) is 17.1 Å². The van der Waals surface area contributed by atoms with E-state index in [1.165, 1.54) is 5.56 Å².